The van der Waals surface area contributed by atoms with Crippen molar-refractivity contribution in [2.45, 2.75) is 44.6 Å². The van der Waals surface area contributed by atoms with Crippen LogP contribution in [-0.4, -0.2) is 22.9 Å². The number of nitrogen functional groups attached to an aromatic ring is 1. The molecule has 0 spiro atoms. The standard InChI is InChI=1S/C12H20N4/c13-12-10-5-1-2-6-11(10)15-16(12)9-4-3-7-14-8-9/h9,14H,1-8,13H2. The highest BCUT2D eigenvalue weighted by molar-refractivity contribution is 5.45. The van der Waals surface area contributed by atoms with E-state index in [1.54, 1.807) is 0 Å². The highest BCUT2D eigenvalue weighted by Crippen LogP contribution is 2.29. The van der Waals surface area contributed by atoms with Crippen LogP contribution in [0.25, 0.3) is 0 Å². The van der Waals surface area contributed by atoms with Crippen LogP contribution < -0.4 is 11.1 Å². The lowest BCUT2D eigenvalue weighted by Crippen LogP contribution is -2.32. The van der Waals surface area contributed by atoms with E-state index in [0.29, 0.717) is 6.04 Å². The van der Waals surface area contributed by atoms with Gasteiger partial charge < -0.3 is 11.1 Å². The maximum Gasteiger partial charge on any atom is 0.125 e. The molecule has 16 heavy (non-hydrogen) atoms. The van der Waals surface area contributed by atoms with E-state index in [1.807, 2.05) is 0 Å². The molecule has 1 atom stereocenters. The number of fused-ring (bicyclic) bond motifs is 1. The molecule has 1 aromatic rings. The maximum atomic E-state index is 6.23. The number of anilines is 1. The molecule has 3 rings (SSSR count). The van der Waals surface area contributed by atoms with E-state index in [2.05, 4.69) is 10.00 Å². The molecule has 3 N–H and O–H groups in total. The molecule has 1 aliphatic carbocycles. The lowest BCUT2D eigenvalue weighted by molar-refractivity contribution is 0.349. The Balaban J connectivity index is 1.91. The summed E-state index contributed by atoms with van der Waals surface area (Å²) in [4.78, 5) is 0. The summed E-state index contributed by atoms with van der Waals surface area (Å²) in [6.45, 7) is 2.15. The lowest BCUT2D eigenvalue weighted by Gasteiger charge is -2.24. The zero-order valence-electron chi connectivity index (χ0n) is 9.71. The first-order valence-electron chi connectivity index (χ1n) is 6.42. The zero-order chi connectivity index (χ0) is 11.0. The van der Waals surface area contributed by atoms with Gasteiger partial charge in [0, 0.05) is 12.1 Å². The Morgan fingerprint density at radius 1 is 1.25 bits per heavy atom. The Morgan fingerprint density at radius 3 is 2.88 bits per heavy atom. The monoisotopic (exact) mass is 220 g/mol. The Bertz CT molecular complexity index is 377. The first-order chi connectivity index (χ1) is 7.86. The topological polar surface area (TPSA) is 55.9 Å². The van der Waals surface area contributed by atoms with Gasteiger partial charge in [0.15, 0.2) is 0 Å². The van der Waals surface area contributed by atoms with Gasteiger partial charge in [-0.15, -0.1) is 0 Å². The molecular formula is C12H20N4. The molecular weight excluding hydrogens is 200 g/mol. The quantitative estimate of drug-likeness (QED) is 0.749. The fourth-order valence-electron chi connectivity index (χ4n) is 2.92. The van der Waals surface area contributed by atoms with Crippen LogP contribution in [-0.2, 0) is 12.8 Å². The predicted octanol–water partition coefficient (Wildman–Crippen LogP) is 1.27. The third-order valence-corrected chi connectivity index (χ3v) is 3.84. The van der Waals surface area contributed by atoms with E-state index in [9.17, 15) is 0 Å². The third kappa shape index (κ3) is 1.61. The fourth-order valence-corrected chi connectivity index (χ4v) is 2.92. The van der Waals surface area contributed by atoms with Crippen LogP contribution >= 0.6 is 0 Å². The SMILES string of the molecule is Nc1c2c(nn1C1CCCNC1)CCCC2. The van der Waals surface area contributed by atoms with Gasteiger partial charge in [0.25, 0.3) is 0 Å². The third-order valence-electron chi connectivity index (χ3n) is 3.84. The number of aromatic nitrogens is 2. The lowest BCUT2D eigenvalue weighted by atomic mass is 9.97. The summed E-state index contributed by atoms with van der Waals surface area (Å²) in [5, 5.41) is 8.15. The Kier molecular flexibility index (Phi) is 2.59. The average Bonchev–Trinajstić information content (AvgIpc) is 2.69. The van der Waals surface area contributed by atoms with E-state index in [-0.39, 0.29) is 0 Å². The van der Waals surface area contributed by atoms with Crippen molar-refractivity contribution in [3.05, 3.63) is 11.3 Å². The van der Waals surface area contributed by atoms with E-state index in [1.165, 1.54) is 36.9 Å². The van der Waals surface area contributed by atoms with Crippen molar-refractivity contribution in [2.24, 2.45) is 0 Å². The average molecular weight is 220 g/mol. The molecule has 88 valence electrons. The number of nitrogens with two attached hydrogens (primary N) is 1. The number of aryl methyl sites for hydroxylation is 1. The van der Waals surface area contributed by atoms with E-state index >= 15 is 0 Å². The highest BCUT2D eigenvalue weighted by atomic mass is 15.3. The summed E-state index contributed by atoms with van der Waals surface area (Å²) in [6.07, 6.45) is 7.22. The second-order valence-corrected chi connectivity index (χ2v) is 4.96. The molecule has 1 saturated heterocycles. The number of rotatable bonds is 1. The van der Waals surface area contributed by atoms with E-state index in [4.69, 9.17) is 10.8 Å². The molecule has 0 radical (unpaired) electrons. The van der Waals surface area contributed by atoms with Gasteiger partial charge in [-0.1, -0.05) is 0 Å². The summed E-state index contributed by atoms with van der Waals surface area (Å²) >= 11 is 0. The molecule has 0 saturated carbocycles. The minimum Gasteiger partial charge on any atom is -0.384 e. The van der Waals surface area contributed by atoms with Crippen molar-refractivity contribution < 1.29 is 0 Å². The van der Waals surface area contributed by atoms with Gasteiger partial charge in [-0.25, -0.2) is 4.68 Å². The molecule has 4 heteroatoms. The van der Waals surface area contributed by atoms with Crippen LogP contribution in [0.15, 0.2) is 0 Å². The fraction of sp³-hybridized carbons (Fsp3) is 0.750. The first kappa shape index (κ1) is 10.1. The largest absolute Gasteiger partial charge is 0.384 e. The first-order valence-corrected chi connectivity index (χ1v) is 6.42. The molecule has 1 fully saturated rings. The van der Waals surface area contributed by atoms with Gasteiger partial charge >= 0.3 is 0 Å². The van der Waals surface area contributed by atoms with Crippen LogP contribution in [0, 0.1) is 0 Å². The van der Waals surface area contributed by atoms with Crippen LogP contribution in [0.3, 0.4) is 0 Å². The van der Waals surface area contributed by atoms with Crippen LogP contribution in [0.4, 0.5) is 5.82 Å². The minimum atomic E-state index is 0.472. The van der Waals surface area contributed by atoms with Gasteiger partial charge in [0.1, 0.15) is 5.82 Å². The second kappa shape index (κ2) is 4.09. The molecule has 1 aromatic heterocycles. The molecule has 0 bridgehead atoms. The molecule has 2 heterocycles. The second-order valence-electron chi connectivity index (χ2n) is 4.96. The van der Waals surface area contributed by atoms with Gasteiger partial charge in [0.2, 0.25) is 0 Å². The van der Waals surface area contributed by atoms with Gasteiger partial charge in [-0.3, -0.25) is 0 Å². The highest BCUT2D eigenvalue weighted by Gasteiger charge is 2.23. The van der Waals surface area contributed by atoms with Crippen LogP contribution in [0.5, 0.6) is 0 Å². The molecule has 2 aliphatic rings. The smallest absolute Gasteiger partial charge is 0.125 e. The molecule has 1 unspecified atom stereocenters. The molecule has 4 nitrogen and oxygen atoms in total. The van der Waals surface area contributed by atoms with Crippen LogP contribution in [0.2, 0.25) is 0 Å². The van der Waals surface area contributed by atoms with E-state index in [0.717, 1.165) is 31.7 Å². The van der Waals surface area contributed by atoms with Crippen LogP contribution in [0.1, 0.15) is 43.0 Å². The summed E-state index contributed by atoms with van der Waals surface area (Å²) in [5.41, 5.74) is 8.82. The summed E-state index contributed by atoms with van der Waals surface area (Å²) < 4.78 is 2.09. The van der Waals surface area contributed by atoms with E-state index < -0.39 is 0 Å². The van der Waals surface area contributed by atoms with Crippen molar-refractivity contribution in [3.63, 3.8) is 0 Å². The zero-order valence-corrected chi connectivity index (χ0v) is 9.71. The summed E-state index contributed by atoms with van der Waals surface area (Å²) in [7, 11) is 0. The number of nitrogens with zero attached hydrogens (tertiary/aromatic N) is 2. The predicted molar refractivity (Wildman–Crippen MR) is 64.4 cm³/mol. The minimum absolute atomic E-state index is 0.472. The Morgan fingerprint density at radius 2 is 2.12 bits per heavy atom. The van der Waals surface area contributed by atoms with Crippen molar-refractivity contribution in [3.8, 4) is 0 Å². The number of hydrogen-bond donors (Lipinski definition) is 2. The summed E-state index contributed by atoms with van der Waals surface area (Å²) in [5.74, 6) is 0.934. The molecule has 0 aromatic carbocycles. The van der Waals surface area contributed by atoms with Gasteiger partial charge in [0.05, 0.1) is 11.7 Å². The maximum absolute atomic E-state index is 6.23. The Labute approximate surface area is 96.2 Å². The van der Waals surface area contributed by atoms with Gasteiger partial charge in [-0.2, -0.15) is 5.10 Å². The Hall–Kier alpha value is -1.03. The number of piperidine rings is 1. The molecule has 0 amide bonds. The van der Waals surface area contributed by atoms with Crippen molar-refractivity contribution in [1.29, 1.82) is 0 Å². The number of hydrogen-bond acceptors (Lipinski definition) is 3. The normalized spacial score (nSPS) is 25.4. The summed E-state index contributed by atoms with van der Waals surface area (Å²) in [6, 6.07) is 0.472. The number of nitrogens with one attached hydrogen (secondary N) is 1. The van der Waals surface area contributed by atoms with Crippen molar-refractivity contribution in [2.75, 3.05) is 18.8 Å². The van der Waals surface area contributed by atoms with Crippen molar-refractivity contribution in [1.82, 2.24) is 15.1 Å². The van der Waals surface area contributed by atoms with Crippen molar-refractivity contribution >= 4 is 5.82 Å². The molecule has 1 aliphatic heterocycles. The van der Waals surface area contributed by atoms with Gasteiger partial charge in [-0.05, 0) is 45.1 Å².